The fourth-order valence-electron chi connectivity index (χ4n) is 2.00. The van der Waals surface area contributed by atoms with Crippen LogP contribution < -0.4 is 15.4 Å². The molecule has 1 atom stereocenters. The van der Waals surface area contributed by atoms with Crippen LogP contribution in [0.4, 0.5) is 18.9 Å². The Morgan fingerprint density at radius 1 is 1.50 bits per heavy atom. The number of hydrogen-bond donors (Lipinski definition) is 1. The van der Waals surface area contributed by atoms with Gasteiger partial charge in [0, 0.05) is 19.1 Å². The fourth-order valence-corrected chi connectivity index (χ4v) is 2.00. The number of ether oxygens (including phenoxy) is 1. The zero-order chi connectivity index (χ0) is 13.3. The van der Waals surface area contributed by atoms with Gasteiger partial charge >= 0.3 is 6.18 Å². The van der Waals surface area contributed by atoms with Crippen molar-refractivity contribution in [2.24, 2.45) is 5.73 Å². The lowest BCUT2D eigenvalue weighted by atomic mass is 10.2. The van der Waals surface area contributed by atoms with E-state index in [2.05, 4.69) is 9.72 Å². The highest BCUT2D eigenvalue weighted by atomic mass is 19.4. The Bertz CT molecular complexity index is 436. The molecule has 1 aliphatic rings. The predicted octanol–water partition coefficient (Wildman–Crippen LogP) is 1.65. The lowest BCUT2D eigenvalue weighted by Crippen LogP contribution is -2.26. The van der Waals surface area contributed by atoms with Crippen molar-refractivity contribution in [3.8, 4) is 5.88 Å². The molecule has 2 rings (SSSR count). The Balaban J connectivity index is 2.34. The van der Waals surface area contributed by atoms with Crippen LogP contribution in [0.25, 0.3) is 0 Å². The third-order valence-corrected chi connectivity index (χ3v) is 2.93. The molecular formula is C11H14F3N3O. The van der Waals surface area contributed by atoms with Gasteiger partial charge in [-0.25, -0.2) is 4.98 Å². The summed E-state index contributed by atoms with van der Waals surface area (Å²) in [6.07, 6.45) is -2.32. The monoisotopic (exact) mass is 261 g/mol. The summed E-state index contributed by atoms with van der Waals surface area (Å²) in [5, 5.41) is 0. The summed E-state index contributed by atoms with van der Waals surface area (Å²) >= 11 is 0. The number of anilines is 1. The molecule has 2 heterocycles. The lowest BCUT2D eigenvalue weighted by molar-refractivity contribution is -0.139. The van der Waals surface area contributed by atoms with Crippen LogP contribution >= 0.6 is 0 Å². The molecule has 0 bridgehead atoms. The molecule has 1 aromatic rings. The molecule has 1 aromatic heterocycles. The topological polar surface area (TPSA) is 51.4 Å². The van der Waals surface area contributed by atoms with Crippen LogP contribution in [0.2, 0.25) is 0 Å². The molecule has 0 aliphatic carbocycles. The van der Waals surface area contributed by atoms with Crippen molar-refractivity contribution in [2.45, 2.75) is 18.6 Å². The van der Waals surface area contributed by atoms with Crippen molar-refractivity contribution in [2.75, 3.05) is 25.1 Å². The summed E-state index contributed by atoms with van der Waals surface area (Å²) in [6, 6.07) is 1.06. The highest BCUT2D eigenvalue weighted by Crippen LogP contribution is 2.37. The van der Waals surface area contributed by atoms with E-state index < -0.39 is 17.6 Å². The van der Waals surface area contributed by atoms with E-state index in [0.717, 1.165) is 12.5 Å². The van der Waals surface area contributed by atoms with Crippen LogP contribution in [0.3, 0.4) is 0 Å². The Hall–Kier alpha value is -1.50. The average Bonchev–Trinajstić information content (AvgIpc) is 2.74. The van der Waals surface area contributed by atoms with Gasteiger partial charge in [-0.15, -0.1) is 0 Å². The number of nitrogens with two attached hydrogens (primary N) is 1. The van der Waals surface area contributed by atoms with Crippen molar-refractivity contribution in [3.05, 3.63) is 17.8 Å². The highest BCUT2D eigenvalue weighted by Gasteiger charge is 2.36. The first-order valence-corrected chi connectivity index (χ1v) is 5.53. The summed E-state index contributed by atoms with van der Waals surface area (Å²) in [7, 11) is 1.17. The van der Waals surface area contributed by atoms with Gasteiger partial charge in [0.05, 0.1) is 19.0 Å². The fraction of sp³-hybridized carbons (Fsp3) is 0.545. The molecule has 0 spiro atoms. The molecule has 1 unspecified atom stereocenters. The maximum absolute atomic E-state index is 12.8. The van der Waals surface area contributed by atoms with Crippen molar-refractivity contribution in [3.63, 3.8) is 0 Å². The number of alkyl halides is 3. The third-order valence-electron chi connectivity index (χ3n) is 2.93. The first-order chi connectivity index (χ1) is 8.41. The van der Waals surface area contributed by atoms with Crippen LogP contribution in [0, 0.1) is 0 Å². The van der Waals surface area contributed by atoms with Gasteiger partial charge in [-0.1, -0.05) is 0 Å². The molecule has 1 aliphatic heterocycles. The van der Waals surface area contributed by atoms with Crippen molar-refractivity contribution in [1.29, 1.82) is 0 Å². The first kappa shape index (κ1) is 12.9. The molecule has 18 heavy (non-hydrogen) atoms. The second kappa shape index (κ2) is 4.64. The quantitative estimate of drug-likeness (QED) is 0.879. The largest absolute Gasteiger partial charge is 0.481 e. The Morgan fingerprint density at radius 2 is 2.22 bits per heavy atom. The maximum Gasteiger partial charge on any atom is 0.421 e. The SMILES string of the molecule is COc1ncc(N2CCC(N)C2)cc1C(F)(F)F. The Labute approximate surface area is 103 Å². The van der Waals surface area contributed by atoms with E-state index in [9.17, 15) is 13.2 Å². The van der Waals surface area contributed by atoms with Gasteiger partial charge in [0.2, 0.25) is 5.88 Å². The summed E-state index contributed by atoms with van der Waals surface area (Å²) in [4.78, 5) is 5.51. The Kier molecular flexibility index (Phi) is 3.34. The minimum atomic E-state index is -4.48. The zero-order valence-corrected chi connectivity index (χ0v) is 9.87. The zero-order valence-electron chi connectivity index (χ0n) is 9.87. The number of hydrogen-bond acceptors (Lipinski definition) is 4. The van der Waals surface area contributed by atoms with Crippen LogP contribution in [-0.4, -0.2) is 31.2 Å². The number of aromatic nitrogens is 1. The van der Waals surface area contributed by atoms with Crippen LogP contribution in [0.5, 0.6) is 5.88 Å². The van der Waals surface area contributed by atoms with Gasteiger partial charge in [-0.3, -0.25) is 0 Å². The molecule has 0 aromatic carbocycles. The third kappa shape index (κ3) is 2.50. The second-order valence-corrected chi connectivity index (χ2v) is 4.24. The van der Waals surface area contributed by atoms with E-state index in [1.165, 1.54) is 13.3 Å². The number of pyridine rings is 1. The smallest absolute Gasteiger partial charge is 0.421 e. The minimum absolute atomic E-state index is 0.00133. The first-order valence-electron chi connectivity index (χ1n) is 5.53. The van der Waals surface area contributed by atoms with E-state index in [1.54, 1.807) is 4.90 Å². The van der Waals surface area contributed by atoms with Crippen molar-refractivity contribution >= 4 is 5.69 Å². The van der Waals surface area contributed by atoms with E-state index >= 15 is 0 Å². The van der Waals surface area contributed by atoms with Gasteiger partial charge in [-0.05, 0) is 12.5 Å². The molecular weight excluding hydrogens is 247 g/mol. The van der Waals surface area contributed by atoms with Crippen LogP contribution in [0.1, 0.15) is 12.0 Å². The molecule has 1 fully saturated rings. The molecule has 4 nitrogen and oxygen atoms in total. The summed E-state index contributed by atoms with van der Waals surface area (Å²) in [6.45, 7) is 1.19. The van der Waals surface area contributed by atoms with Gasteiger partial charge in [-0.2, -0.15) is 13.2 Å². The van der Waals surface area contributed by atoms with Crippen molar-refractivity contribution < 1.29 is 17.9 Å². The van der Waals surface area contributed by atoms with Gasteiger partial charge in [0.25, 0.3) is 0 Å². The standard InChI is InChI=1S/C11H14F3N3O/c1-18-10-9(11(12,13)14)4-8(5-16-10)17-3-2-7(15)6-17/h4-5,7H,2-3,6,15H2,1H3. The van der Waals surface area contributed by atoms with Gasteiger partial charge in [0.1, 0.15) is 5.56 Å². The average molecular weight is 261 g/mol. The maximum atomic E-state index is 12.8. The normalized spacial score (nSPS) is 20.3. The molecule has 0 saturated carbocycles. The highest BCUT2D eigenvalue weighted by molar-refractivity contribution is 5.51. The lowest BCUT2D eigenvalue weighted by Gasteiger charge is -2.20. The minimum Gasteiger partial charge on any atom is -0.481 e. The molecule has 7 heteroatoms. The second-order valence-electron chi connectivity index (χ2n) is 4.24. The van der Waals surface area contributed by atoms with Crippen molar-refractivity contribution in [1.82, 2.24) is 4.98 Å². The van der Waals surface area contributed by atoms with Crippen LogP contribution in [0.15, 0.2) is 12.3 Å². The van der Waals surface area contributed by atoms with E-state index in [1.807, 2.05) is 0 Å². The predicted molar refractivity (Wildman–Crippen MR) is 60.6 cm³/mol. The number of methoxy groups -OCH3 is 1. The van der Waals surface area contributed by atoms with E-state index in [4.69, 9.17) is 5.73 Å². The van der Waals surface area contributed by atoms with E-state index in [0.29, 0.717) is 18.8 Å². The summed E-state index contributed by atoms with van der Waals surface area (Å²) in [5.41, 5.74) is 5.30. The van der Waals surface area contributed by atoms with Crippen LogP contribution in [-0.2, 0) is 6.18 Å². The number of halogens is 3. The Morgan fingerprint density at radius 3 is 2.72 bits per heavy atom. The van der Waals surface area contributed by atoms with Gasteiger partial charge in [0.15, 0.2) is 0 Å². The molecule has 0 radical (unpaired) electrons. The molecule has 100 valence electrons. The molecule has 2 N–H and O–H groups in total. The number of rotatable bonds is 2. The molecule has 1 saturated heterocycles. The summed E-state index contributed by atoms with van der Waals surface area (Å²) < 4.78 is 43.1. The summed E-state index contributed by atoms with van der Waals surface area (Å²) in [5.74, 6) is -0.408. The molecule has 0 amide bonds. The van der Waals surface area contributed by atoms with Gasteiger partial charge < -0.3 is 15.4 Å². The van der Waals surface area contributed by atoms with E-state index in [-0.39, 0.29) is 6.04 Å². The number of nitrogens with zero attached hydrogens (tertiary/aromatic N) is 2.